The van der Waals surface area contributed by atoms with E-state index in [1.807, 2.05) is 0 Å². The lowest BCUT2D eigenvalue weighted by Gasteiger charge is -2.05. The zero-order chi connectivity index (χ0) is 8.55. The zero-order valence-corrected chi connectivity index (χ0v) is 6.62. The fourth-order valence-electron chi connectivity index (χ4n) is 0.968. The van der Waals surface area contributed by atoms with Crippen LogP contribution in [0, 0.1) is 0 Å². The molecule has 1 saturated carbocycles. The second-order valence-electron chi connectivity index (χ2n) is 2.95. The molecule has 12 heavy (non-hydrogen) atoms. The van der Waals surface area contributed by atoms with E-state index in [-0.39, 0.29) is 5.95 Å². The van der Waals surface area contributed by atoms with E-state index in [0.29, 0.717) is 11.9 Å². The van der Waals surface area contributed by atoms with Gasteiger partial charge in [0.1, 0.15) is 0 Å². The molecule has 5 heteroatoms. The van der Waals surface area contributed by atoms with E-state index in [1.54, 1.807) is 6.20 Å². The summed E-state index contributed by atoms with van der Waals surface area (Å²) in [6.45, 7) is 0. The highest BCUT2D eigenvalue weighted by Crippen LogP contribution is 2.26. The van der Waals surface area contributed by atoms with E-state index in [2.05, 4.69) is 15.3 Å². The number of nitrogens with zero attached hydrogens (tertiary/aromatic N) is 2. The van der Waals surface area contributed by atoms with Crippen molar-refractivity contribution < 1.29 is 0 Å². The van der Waals surface area contributed by atoms with Crippen LogP contribution in [-0.4, -0.2) is 16.0 Å². The summed E-state index contributed by atoms with van der Waals surface area (Å²) >= 11 is 0. The van der Waals surface area contributed by atoms with E-state index >= 15 is 0 Å². The Morgan fingerprint density at radius 3 is 2.75 bits per heavy atom. The van der Waals surface area contributed by atoms with Crippen LogP contribution in [0.2, 0.25) is 0 Å². The second-order valence-corrected chi connectivity index (χ2v) is 2.95. The van der Waals surface area contributed by atoms with Gasteiger partial charge in [-0.3, -0.25) is 0 Å². The maximum absolute atomic E-state index is 5.60. The molecule has 0 saturated heterocycles. The molecule has 0 radical (unpaired) electrons. The van der Waals surface area contributed by atoms with Crippen LogP contribution in [0.15, 0.2) is 6.20 Å². The fourth-order valence-corrected chi connectivity index (χ4v) is 0.968. The lowest BCUT2D eigenvalue weighted by Crippen LogP contribution is -2.07. The van der Waals surface area contributed by atoms with Crippen LogP contribution in [0.5, 0.6) is 0 Å². The Morgan fingerprint density at radius 2 is 2.17 bits per heavy atom. The third-order valence-corrected chi connectivity index (χ3v) is 1.77. The molecular weight excluding hydrogens is 154 g/mol. The van der Waals surface area contributed by atoms with Gasteiger partial charge in [0.05, 0.1) is 11.9 Å². The molecule has 0 spiro atoms. The summed E-state index contributed by atoms with van der Waals surface area (Å²) in [6, 6.07) is 0.555. The fraction of sp³-hybridized carbons (Fsp3) is 0.429. The van der Waals surface area contributed by atoms with E-state index in [9.17, 15) is 0 Å². The first kappa shape index (κ1) is 7.15. The summed E-state index contributed by atoms with van der Waals surface area (Å²) in [4.78, 5) is 7.68. The standard InChI is InChI=1S/C7H11N5/c8-6-5(11-4-1-2-4)3-10-7(9)12-6/h3-4,11H,1-2H2,(H4,8,9,10,12). The predicted molar refractivity (Wildman–Crippen MR) is 47.5 cm³/mol. The Kier molecular flexibility index (Phi) is 1.49. The maximum Gasteiger partial charge on any atom is 0.222 e. The smallest absolute Gasteiger partial charge is 0.222 e. The van der Waals surface area contributed by atoms with Crippen molar-refractivity contribution in [1.29, 1.82) is 0 Å². The lowest BCUT2D eigenvalue weighted by molar-refractivity contribution is 1.12. The van der Waals surface area contributed by atoms with Crippen molar-refractivity contribution in [2.45, 2.75) is 18.9 Å². The van der Waals surface area contributed by atoms with E-state index in [1.165, 1.54) is 12.8 Å². The first-order valence-electron chi connectivity index (χ1n) is 3.90. The van der Waals surface area contributed by atoms with Gasteiger partial charge in [0.25, 0.3) is 0 Å². The number of anilines is 3. The normalized spacial score (nSPS) is 16.0. The molecule has 1 aromatic rings. The maximum atomic E-state index is 5.60. The molecule has 0 bridgehead atoms. The number of nitrogen functional groups attached to an aromatic ring is 2. The highest BCUT2D eigenvalue weighted by Gasteiger charge is 2.21. The Balaban J connectivity index is 2.18. The summed E-state index contributed by atoms with van der Waals surface area (Å²) in [7, 11) is 0. The minimum absolute atomic E-state index is 0.217. The number of aromatic nitrogens is 2. The van der Waals surface area contributed by atoms with Gasteiger partial charge in [0.2, 0.25) is 5.95 Å². The second kappa shape index (κ2) is 2.51. The summed E-state index contributed by atoms with van der Waals surface area (Å²) in [5.74, 6) is 0.642. The van der Waals surface area contributed by atoms with Gasteiger partial charge in [-0.25, -0.2) is 4.98 Å². The number of nitrogens with two attached hydrogens (primary N) is 2. The van der Waals surface area contributed by atoms with E-state index in [0.717, 1.165) is 5.69 Å². The number of rotatable bonds is 2. The lowest BCUT2D eigenvalue weighted by atomic mass is 10.4. The van der Waals surface area contributed by atoms with E-state index in [4.69, 9.17) is 11.5 Å². The summed E-state index contributed by atoms with van der Waals surface area (Å²) in [6.07, 6.45) is 4.02. The van der Waals surface area contributed by atoms with Gasteiger partial charge in [-0.1, -0.05) is 0 Å². The summed E-state index contributed by atoms with van der Waals surface area (Å²) in [5, 5.41) is 3.21. The molecule has 0 aliphatic heterocycles. The quantitative estimate of drug-likeness (QED) is 0.583. The van der Waals surface area contributed by atoms with Crippen LogP contribution < -0.4 is 16.8 Å². The van der Waals surface area contributed by atoms with Gasteiger partial charge in [-0.2, -0.15) is 4.98 Å². The average molecular weight is 165 g/mol. The topological polar surface area (TPSA) is 89.8 Å². The molecule has 0 atom stereocenters. The monoisotopic (exact) mass is 165 g/mol. The van der Waals surface area contributed by atoms with Crippen LogP contribution in [0.25, 0.3) is 0 Å². The predicted octanol–water partition coefficient (Wildman–Crippen LogP) is 0.215. The van der Waals surface area contributed by atoms with Gasteiger partial charge >= 0.3 is 0 Å². The average Bonchev–Trinajstić information content (AvgIpc) is 2.79. The molecule has 1 aromatic heterocycles. The molecule has 64 valence electrons. The van der Waals surface area contributed by atoms with Crippen molar-refractivity contribution in [2.24, 2.45) is 0 Å². The highest BCUT2D eigenvalue weighted by atomic mass is 15.1. The van der Waals surface area contributed by atoms with Crippen LogP contribution in [0.1, 0.15) is 12.8 Å². The Labute approximate surface area is 70.2 Å². The zero-order valence-electron chi connectivity index (χ0n) is 6.62. The van der Waals surface area contributed by atoms with Gasteiger partial charge in [-0.15, -0.1) is 0 Å². The van der Waals surface area contributed by atoms with Crippen molar-refractivity contribution >= 4 is 17.5 Å². The van der Waals surface area contributed by atoms with Gasteiger partial charge in [0.15, 0.2) is 5.82 Å². The molecule has 0 amide bonds. The molecule has 5 nitrogen and oxygen atoms in total. The molecular formula is C7H11N5. The molecule has 5 N–H and O–H groups in total. The molecule has 1 fully saturated rings. The van der Waals surface area contributed by atoms with Crippen molar-refractivity contribution in [3.63, 3.8) is 0 Å². The Morgan fingerprint density at radius 1 is 1.42 bits per heavy atom. The van der Waals surface area contributed by atoms with Crippen LogP contribution in [0.3, 0.4) is 0 Å². The molecule has 1 heterocycles. The molecule has 0 unspecified atom stereocenters. The number of nitrogens with one attached hydrogen (secondary N) is 1. The molecule has 1 aliphatic rings. The first-order chi connectivity index (χ1) is 5.75. The van der Waals surface area contributed by atoms with E-state index < -0.39 is 0 Å². The van der Waals surface area contributed by atoms with Gasteiger partial charge in [-0.05, 0) is 12.8 Å². The highest BCUT2D eigenvalue weighted by molar-refractivity contribution is 5.62. The van der Waals surface area contributed by atoms with Crippen molar-refractivity contribution in [1.82, 2.24) is 9.97 Å². The summed E-state index contributed by atoms with van der Waals surface area (Å²) in [5.41, 5.74) is 11.7. The van der Waals surface area contributed by atoms with Gasteiger partial charge in [0, 0.05) is 6.04 Å². The Hall–Kier alpha value is -1.52. The van der Waals surface area contributed by atoms with Crippen LogP contribution in [-0.2, 0) is 0 Å². The SMILES string of the molecule is Nc1ncc(NC2CC2)c(N)n1. The van der Waals surface area contributed by atoms with Crippen LogP contribution in [0.4, 0.5) is 17.5 Å². The first-order valence-corrected chi connectivity index (χ1v) is 3.90. The molecule has 2 rings (SSSR count). The van der Waals surface area contributed by atoms with Gasteiger partial charge < -0.3 is 16.8 Å². The van der Waals surface area contributed by atoms with Crippen molar-refractivity contribution in [3.05, 3.63) is 6.20 Å². The number of hydrogen-bond acceptors (Lipinski definition) is 5. The van der Waals surface area contributed by atoms with Crippen molar-refractivity contribution in [2.75, 3.05) is 16.8 Å². The minimum Gasteiger partial charge on any atom is -0.382 e. The Bertz CT molecular complexity index is 294. The third-order valence-electron chi connectivity index (χ3n) is 1.77. The van der Waals surface area contributed by atoms with Crippen molar-refractivity contribution in [3.8, 4) is 0 Å². The summed E-state index contributed by atoms with van der Waals surface area (Å²) < 4.78 is 0. The molecule has 1 aliphatic carbocycles. The molecule has 0 aromatic carbocycles. The third kappa shape index (κ3) is 1.39. The number of hydrogen-bond donors (Lipinski definition) is 3. The largest absolute Gasteiger partial charge is 0.382 e. The minimum atomic E-state index is 0.217. The van der Waals surface area contributed by atoms with Crippen LogP contribution >= 0.6 is 0 Å².